The van der Waals surface area contributed by atoms with Crippen molar-refractivity contribution in [1.29, 1.82) is 0 Å². The maximum absolute atomic E-state index is 13.0. The summed E-state index contributed by atoms with van der Waals surface area (Å²) in [4.78, 5) is 0. The highest BCUT2D eigenvalue weighted by atomic mass is 127. The van der Waals surface area contributed by atoms with E-state index in [0.717, 1.165) is 18.5 Å². The van der Waals surface area contributed by atoms with Crippen LogP contribution < -0.4 is 5.32 Å². The molecule has 3 heteroatoms. The van der Waals surface area contributed by atoms with Crippen molar-refractivity contribution >= 4 is 22.6 Å². The molecule has 0 saturated heterocycles. The summed E-state index contributed by atoms with van der Waals surface area (Å²) in [6, 6.07) is 13.9. The zero-order valence-corrected chi connectivity index (χ0v) is 13.9. The topological polar surface area (TPSA) is 12.0 Å². The summed E-state index contributed by atoms with van der Waals surface area (Å²) >= 11 is 2.31. The highest BCUT2D eigenvalue weighted by molar-refractivity contribution is 14.1. The Morgan fingerprint density at radius 2 is 1.85 bits per heavy atom. The first kappa shape index (κ1) is 15.4. The summed E-state index contributed by atoms with van der Waals surface area (Å²) in [6.07, 6.45) is 0.917. The molecule has 0 fully saturated rings. The zero-order valence-electron chi connectivity index (χ0n) is 11.8. The lowest BCUT2D eigenvalue weighted by atomic mass is 10.0. The molecule has 0 aliphatic heterocycles. The minimum atomic E-state index is -0.161. The van der Waals surface area contributed by atoms with Crippen molar-refractivity contribution < 1.29 is 4.39 Å². The van der Waals surface area contributed by atoms with E-state index < -0.39 is 0 Å². The Bertz CT molecular complexity index is 566. The van der Waals surface area contributed by atoms with Gasteiger partial charge in [0.2, 0.25) is 0 Å². The number of nitrogens with one attached hydrogen (secondary N) is 1. The molecule has 1 N–H and O–H groups in total. The van der Waals surface area contributed by atoms with Crippen LogP contribution in [-0.4, -0.2) is 6.54 Å². The fourth-order valence-electron chi connectivity index (χ4n) is 2.23. The van der Waals surface area contributed by atoms with E-state index in [1.54, 1.807) is 6.07 Å². The minimum absolute atomic E-state index is 0.161. The van der Waals surface area contributed by atoms with E-state index in [1.807, 2.05) is 13.0 Å². The predicted octanol–water partition coefficient (Wildman–Crippen LogP) is 4.63. The molecule has 1 atom stereocenters. The molecule has 106 valence electrons. The Hall–Kier alpha value is -0.940. The number of hydrogen-bond acceptors (Lipinski definition) is 1. The fourth-order valence-corrected chi connectivity index (χ4v) is 2.59. The minimum Gasteiger partial charge on any atom is -0.310 e. The molecule has 0 amide bonds. The Balaban J connectivity index is 1.87. The quantitative estimate of drug-likeness (QED) is 0.743. The van der Waals surface area contributed by atoms with Gasteiger partial charge in [0.05, 0.1) is 0 Å². The second kappa shape index (κ2) is 7.18. The summed E-state index contributed by atoms with van der Waals surface area (Å²) in [6.45, 7) is 5.01. The normalized spacial score (nSPS) is 12.4. The van der Waals surface area contributed by atoms with E-state index >= 15 is 0 Å². The summed E-state index contributed by atoms with van der Waals surface area (Å²) in [5.74, 6) is -0.161. The van der Waals surface area contributed by atoms with Crippen LogP contribution in [0.3, 0.4) is 0 Å². The summed E-state index contributed by atoms with van der Waals surface area (Å²) in [7, 11) is 0. The van der Waals surface area contributed by atoms with Gasteiger partial charge < -0.3 is 5.32 Å². The standard InChI is InChI=1S/C17H19FIN/c1-12-11-16(18)6-3-14(12)9-10-20-13(2)15-4-7-17(19)8-5-15/h3-8,11,13,20H,9-10H2,1-2H3. The third-order valence-corrected chi connectivity index (χ3v) is 4.24. The van der Waals surface area contributed by atoms with E-state index in [2.05, 4.69) is 59.1 Å². The van der Waals surface area contributed by atoms with Gasteiger partial charge in [-0.1, -0.05) is 18.2 Å². The van der Waals surface area contributed by atoms with E-state index in [1.165, 1.54) is 20.8 Å². The van der Waals surface area contributed by atoms with E-state index in [4.69, 9.17) is 0 Å². The zero-order chi connectivity index (χ0) is 14.5. The van der Waals surface area contributed by atoms with Crippen LogP contribution in [0.4, 0.5) is 4.39 Å². The van der Waals surface area contributed by atoms with E-state index in [9.17, 15) is 4.39 Å². The monoisotopic (exact) mass is 383 g/mol. The highest BCUT2D eigenvalue weighted by Gasteiger charge is 2.05. The molecule has 1 nitrogen and oxygen atoms in total. The maximum atomic E-state index is 13.0. The second-order valence-corrected chi connectivity index (χ2v) is 6.29. The molecule has 0 aliphatic carbocycles. The molecular weight excluding hydrogens is 364 g/mol. The largest absolute Gasteiger partial charge is 0.310 e. The lowest BCUT2D eigenvalue weighted by Crippen LogP contribution is -2.21. The Kier molecular flexibility index (Phi) is 5.54. The maximum Gasteiger partial charge on any atom is 0.123 e. The van der Waals surface area contributed by atoms with Crippen LogP contribution in [0.5, 0.6) is 0 Å². The first-order chi connectivity index (χ1) is 9.56. The Morgan fingerprint density at radius 3 is 2.50 bits per heavy atom. The van der Waals surface area contributed by atoms with Gasteiger partial charge in [-0.2, -0.15) is 0 Å². The van der Waals surface area contributed by atoms with Gasteiger partial charge in [0.25, 0.3) is 0 Å². The first-order valence-electron chi connectivity index (χ1n) is 6.80. The molecule has 20 heavy (non-hydrogen) atoms. The number of hydrogen-bond donors (Lipinski definition) is 1. The van der Waals surface area contributed by atoms with Gasteiger partial charge in [-0.25, -0.2) is 4.39 Å². The van der Waals surface area contributed by atoms with Crippen molar-refractivity contribution in [3.05, 3.63) is 68.5 Å². The van der Waals surface area contributed by atoms with Gasteiger partial charge in [-0.05, 0) is 90.4 Å². The molecule has 2 aromatic rings. The molecule has 0 heterocycles. The van der Waals surface area contributed by atoms with Gasteiger partial charge in [0.1, 0.15) is 5.82 Å². The molecule has 0 aliphatic rings. The van der Waals surface area contributed by atoms with Crippen LogP contribution >= 0.6 is 22.6 Å². The van der Waals surface area contributed by atoms with Crippen molar-refractivity contribution in [3.8, 4) is 0 Å². The van der Waals surface area contributed by atoms with Gasteiger partial charge in [-0.15, -0.1) is 0 Å². The van der Waals surface area contributed by atoms with Crippen LogP contribution in [-0.2, 0) is 6.42 Å². The van der Waals surface area contributed by atoms with Crippen molar-refractivity contribution in [2.75, 3.05) is 6.54 Å². The number of halogens is 2. The van der Waals surface area contributed by atoms with Crippen molar-refractivity contribution in [2.24, 2.45) is 0 Å². The SMILES string of the molecule is Cc1cc(F)ccc1CCNC(C)c1ccc(I)cc1. The molecule has 0 radical (unpaired) electrons. The molecule has 0 spiro atoms. The third-order valence-electron chi connectivity index (χ3n) is 3.52. The molecular formula is C17H19FIN. The lowest BCUT2D eigenvalue weighted by Gasteiger charge is -2.15. The van der Waals surface area contributed by atoms with Crippen LogP contribution in [0.1, 0.15) is 29.7 Å². The summed E-state index contributed by atoms with van der Waals surface area (Å²) < 4.78 is 14.3. The van der Waals surface area contributed by atoms with Crippen LogP contribution in [0.25, 0.3) is 0 Å². The summed E-state index contributed by atoms with van der Waals surface area (Å²) in [5.41, 5.74) is 3.52. The molecule has 2 rings (SSSR count). The Morgan fingerprint density at radius 1 is 1.15 bits per heavy atom. The molecule has 0 saturated carbocycles. The first-order valence-corrected chi connectivity index (χ1v) is 7.88. The smallest absolute Gasteiger partial charge is 0.123 e. The molecule has 2 aromatic carbocycles. The van der Waals surface area contributed by atoms with Crippen molar-refractivity contribution in [3.63, 3.8) is 0 Å². The number of aryl methyl sites for hydroxylation is 1. The average molecular weight is 383 g/mol. The second-order valence-electron chi connectivity index (χ2n) is 5.05. The van der Waals surface area contributed by atoms with Crippen LogP contribution in [0.15, 0.2) is 42.5 Å². The van der Waals surface area contributed by atoms with Crippen LogP contribution in [0, 0.1) is 16.3 Å². The number of benzene rings is 2. The van der Waals surface area contributed by atoms with Gasteiger partial charge in [-0.3, -0.25) is 0 Å². The van der Waals surface area contributed by atoms with E-state index in [0.29, 0.717) is 6.04 Å². The highest BCUT2D eigenvalue weighted by Crippen LogP contribution is 2.15. The van der Waals surface area contributed by atoms with Crippen molar-refractivity contribution in [2.45, 2.75) is 26.3 Å². The third kappa shape index (κ3) is 4.28. The van der Waals surface area contributed by atoms with Gasteiger partial charge in [0.15, 0.2) is 0 Å². The Labute approximate surface area is 133 Å². The summed E-state index contributed by atoms with van der Waals surface area (Å²) in [5, 5.41) is 3.51. The number of rotatable bonds is 5. The predicted molar refractivity (Wildman–Crippen MR) is 90.4 cm³/mol. The van der Waals surface area contributed by atoms with Gasteiger partial charge >= 0.3 is 0 Å². The molecule has 0 bridgehead atoms. The average Bonchev–Trinajstić information content (AvgIpc) is 2.42. The van der Waals surface area contributed by atoms with Gasteiger partial charge in [0, 0.05) is 9.61 Å². The molecule has 0 aromatic heterocycles. The van der Waals surface area contributed by atoms with Crippen LogP contribution in [0.2, 0.25) is 0 Å². The molecule has 1 unspecified atom stereocenters. The fraction of sp³-hybridized carbons (Fsp3) is 0.294. The van der Waals surface area contributed by atoms with Crippen molar-refractivity contribution in [1.82, 2.24) is 5.32 Å². The van der Waals surface area contributed by atoms with E-state index in [-0.39, 0.29) is 5.82 Å². The lowest BCUT2D eigenvalue weighted by molar-refractivity contribution is 0.575.